The van der Waals surface area contributed by atoms with Crippen molar-refractivity contribution in [1.82, 2.24) is 9.97 Å². The summed E-state index contributed by atoms with van der Waals surface area (Å²) in [6, 6.07) is 12.8. The lowest BCUT2D eigenvalue weighted by Gasteiger charge is -2.26. The van der Waals surface area contributed by atoms with Gasteiger partial charge in [0.15, 0.2) is 5.82 Å². The molecule has 172 valence electrons. The number of ether oxygens (including phenoxy) is 1. The van der Waals surface area contributed by atoms with Crippen molar-refractivity contribution in [2.45, 2.75) is 26.2 Å². The van der Waals surface area contributed by atoms with Gasteiger partial charge in [-0.05, 0) is 55.5 Å². The minimum atomic E-state index is -0.341. The van der Waals surface area contributed by atoms with E-state index in [1.807, 2.05) is 31.2 Å². The van der Waals surface area contributed by atoms with Gasteiger partial charge in [0.05, 0.1) is 22.9 Å². The van der Waals surface area contributed by atoms with Crippen LogP contribution in [-0.4, -0.2) is 22.5 Å². The van der Waals surface area contributed by atoms with Crippen molar-refractivity contribution >= 4 is 40.9 Å². The van der Waals surface area contributed by atoms with Crippen molar-refractivity contribution in [2.24, 2.45) is 5.92 Å². The molecule has 1 fully saturated rings. The van der Waals surface area contributed by atoms with E-state index in [9.17, 15) is 4.79 Å². The Morgan fingerprint density at radius 3 is 2.82 bits per heavy atom. The van der Waals surface area contributed by atoms with Gasteiger partial charge in [0.25, 0.3) is 0 Å². The van der Waals surface area contributed by atoms with Gasteiger partial charge < -0.3 is 15.4 Å². The number of nitrogens with zero attached hydrogens (tertiary/aromatic N) is 3. The number of nitriles is 1. The third kappa shape index (κ3) is 5.91. The number of hydrogen-bond acceptors (Lipinski definition) is 6. The Hall–Kier alpha value is -3.89. The third-order valence-corrected chi connectivity index (χ3v) is 5.80. The molecule has 3 aromatic rings. The first-order valence-electron chi connectivity index (χ1n) is 11.0. The Kier molecular flexibility index (Phi) is 7.41. The molecule has 0 spiro atoms. The molecule has 0 atom stereocenters. The average Bonchev–Trinajstić information content (AvgIpc) is 2.80. The highest BCUT2D eigenvalue weighted by Crippen LogP contribution is 2.30. The Morgan fingerprint density at radius 1 is 1.26 bits per heavy atom. The molecule has 2 heterocycles. The number of para-hydroxylation sites is 1. The second-order valence-corrected chi connectivity index (χ2v) is 8.58. The lowest BCUT2D eigenvalue weighted by Crippen LogP contribution is -2.19. The summed E-state index contributed by atoms with van der Waals surface area (Å²) in [5.74, 6) is 1.94. The fourth-order valence-electron chi connectivity index (χ4n) is 3.49. The van der Waals surface area contributed by atoms with E-state index in [2.05, 4.69) is 20.6 Å². The second-order valence-electron chi connectivity index (χ2n) is 8.14. The topological polar surface area (TPSA) is 99.9 Å². The number of benzene rings is 1. The number of pyridine rings is 2. The van der Waals surface area contributed by atoms with Crippen LogP contribution in [0.5, 0.6) is 5.75 Å². The zero-order valence-corrected chi connectivity index (χ0v) is 19.5. The van der Waals surface area contributed by atoms with Gasteiger partial charge in [-0.1, -0.05) is 36.2 Å². The van der Waals surface area contributed by atoms with Crippen LogP contribution in [0.1, 0.15) is 36.0 Å². The number of aryl methyl sites for hydroxylation is 1. The van der Waals surface area contributed by atoms with E-state index in [1.165, 1.54) is 37.7 Å². The minimum Gasteiger partial charge on any atom is -0.492 e. The predicted octanol–water partition coefficient (Wildman–Crippen LogP) is 5.88. The van der Waals surface area contributed by atoms with Crippen LogP contribution in [0.25, 0.3) is 6.08 Å². The third-order valence-electron chi connectivity index (χ3n) is 5.60. The molecular weight excluding hydrogens is 450 g/mol. The molecule has 1 aliphatic rings. The minimum absolute atomic E-state index is 0.341. The van der Waals surface area contributed by atoms with Crippen LogP contribution in [0.15, 0.2) is 54.9 Å². The standard InChI is InChI=1S/C26H24ClN5O2/c1-17-4-2-7-20(25(17)34-16-18-5-3-6-18)9-11-24(33)31-22-12-21(27)15-30-26(22)32-23-10-8-19(13-28)14-29-23/h2,4,7-12,14-15,18H,3,5-6,16H2,1H3,(H,31,33)(H,29,30,32). The molecular formula is C26H24ClN5O2. The van der Waals surface area contributed by atoms with E-state index < -0.39 is 0 Å². The number of nitrogens with one attached hydrogen (secondary N) is 2. The molecule has 1 aromatic carbocycles. The van der Waals surface area contributed by atoms with Crippen molar-refractivity contribution in [1.29, 1.82) is 5.26 Å². The molecule has 2 N–H and O–H groups in total. The summed E-state index contributed by atoms with van der Waals surface area (Å²) in [6.45, 7) is 2.70. The molecule has 0 unspecified atom stereocenters. The van der Waals surface area contributed by atoms with Crippen LogP contribution in [0, 0.1) is 24.2 Å². The van der Waals surface area contributed by atoms with Gasteiger partial charge in [-0.15, -0.1) is 0 Å². The zero-order valence-electron chi connectivity index (χ0n) is 18.7. The molecule has 1 aliphatic carbocycles. The molecule has 7 nitrogen and oxygen atoms in total. The number of anilines is 3. The van der Waals surface area contributed by atoms with Crippen LogP contribution in [0.3, 0.4) is 0 Å². The maximum atomic E-state index is 12.7. The Balaban J connectivity index is 1.47. The van der Waals surface area contributed by atoms with Gasteiger partial charge in [-0.3, -0.25) is 4.79 Å². The van der Waals surface area contributed by atoms with Crippen LogP contribution in [-0.2, 0) is 4.79 Å². The monoisotopic (exact) mass is 473 g/mol. The van der Waals surface area contributed by atoms with Gasteiger partial charge in [0, 0.05) is 24.0 Å². The van der Waals surface area contributed by atoms with Crippen molar-refractivity contribution in [2.75, 3.05) is 17.2 Å². The number of hydrogen-bond donors (Lipinski definition) is 2. The van der Waals surface area contributed by atoms with Gasteiger partial charge in [-0.25, -0.2) is 9.97 Å². The van der Waals surface area contributed by atoms with E-state index in [4.69, 9.17) is 21.6 Å². The molecule has 4 rings (SSSR count). The second kappa shape index (κ2) is 10.8. The van der Waals surface area contributed by atoms with Gasteiger partial charge in [0.2, 0.25) is 5.91 Å². The zero-order chi connectivity index (χ0) is 23.9. The highest BCUT2D eigenvalue weighted by molar-refractivity contribution is 6.31. The van der Waals surface area contributed by atoms with E-state index in [1.54, 1.807) is 24.3 Å². The molecule has 0 bridgehead atoms. The fourth-order valence-corrected chi connectivity index (χ4v) is 3.65. The summed E-state index contributed by atoms with van der Waals surface area (Å²) in [5, 5.41) is 15.2. The Labute approximate surface area is 203 Å². The summed E-state index contributed by atoms with van der Waals surface area (Å²) in [4.78, 5) is 21.1. The molecule has 0 aliphatic heterocycles. The van der Waals surface area contributed by atoms with Crippen LogP contribution >= 0.6 is 11.6 Å². The molecule has 0 radical (unpaired) electrons. The number of halogens is 1. The normalized spacial score (nSPS) is 13.2. The summed E-state index contributed by atoms with van der Waals surface area (Å²) in [5.41, 5.74) is 2.72. The van der Waals surface area contributed by atoms with Crippen molar-refractivity contribution in [3.63, 3.8) is 0 Å². The molecule has 1 saturated carbocycles. The summed E-state index contributed by atoms with van der Waals surface area (Å²) < 4.78 is 6.09. The lowest BCUT2D eigenvalue weighted by atomic mass is 9.86. The number of rotatable bonds is 8. The van der Waals surface area contributed by atoms with Crippen LogP contribution in [0.2, 0.25) is 5.02 Å². The first kappa shape index (κ1) is 23.3. The maximum absolute atomic E-state index is 12.7. The smallest absolute Gasteiger partial charge is 0.248 e. The van der Waals surface area contributed by atoms with Crippen molar-refractivity contribution in [3.05, 3.63) is 76.6 Å². The largest absolute Gasteiger partial charge is 0.492 e. The Morgan fingerprint density at radius 2 is 2.12 bits per heavy atom. The molecule has 8 heteroatoms. The van der Waals surface area contributed by atoms with E-state index in [0.29, 0.717) is 40.4 Å². The van der Waals surface area contributed by atoms with Crippen LogP contribution in [0.4, 0.5) is 17.3 Å². The summed E-state index contributed by atoms with van der Waals surface area (Å²) in [7, 11) is 0. The number of carbonyl (C=O) groups excluding carboxylic acids is 1. The quantitative estimate of drug-likeness (QED) is 0.396. The van der Waals surface area contributed by atoms with E-state index >= 15 is 0 Å². The maximum Gasteiger partial charge on any atom is 0.248 e. The van der Waals surface area contributed by atoms with E-state index in [0.717, 1.165) is 16.9 Å². The molecule has 34 heavy (non-hydrogen) atoms. The highest BCUT2D eigenvalue weighted by Gasteiger charge is 2.19. The number of amides is 1. The first-order chi connectivity index (χ1) is 16.5. The van der Waals surface area contributed by atoms with Gasteiger partial charge in [0.1, 0.15) is 17.6 Å². The summed E-state index contributed by atoms with van der Waals surface area (Å²) in [6.07, 6.45) is 9.80. The molecule has 2 aromatic heterocycles. The number of aromatic nitrogens is 2. The van der Waals surface area contributed by atoms with Crippen molar-refractivity contribution < 1.29 is 9.53 Å². The average molecular weight is 474 g/mol. The summed E-state index contributed by atoms with van der Waals surface area (Å²) >= 11 is 6.10. The SMILES string of the molecule is Cc1cccc(C=CC(=O)Nc2cc(Cl)cnc2Nc2ccc(C#N)cn2)c1OCC1CCC1. The van der Waals surface area contributed by atoms with Crippen molar-refractivity contribution in [3.8, 4) is 11.8 Å². The molecule has 1 amide bonds. The van der Waals surface area contributed by atoms with Crippen LogP contribution < -0.4 is 15.4 Å². The lowest BCUT2D eigenvalue weighted by molar-refractivity contribution is -0.111. The Bertz CT molecular complexity index is 1250. The van der Waals surface area contributed by atoms with E-state index in [-0.39, 0.29) is 5.91 Å². The highest BCUT2D eigenvalue weighted by atomic mass is 35.5. The number of carbonyl (C=O) groups is 1. The first-order valence-corrected chi connectivity index (χ1v) is 11.4. The fraction of sp³-hybridized carbons (Fsp3) is 0.231. The predicted molar refractivity (Wildman–Crippen MR) is 133 cm³/mol. The molecule has 0 saturated heterocycles. The van der Waals surface area contributed by atoms with Gasteiger partial charge >= 0.3 is 0 Å². The van der Waals surface area contributed by atoms with Gasteiger partial charge in [-0.2, -0.15) is 5.26 Å².